The zero-order valence-electron chi connectivity index (χ0n) is 22.5. The molecule has 0 aromatic heterocycles. The summed E-state index contributed by atoms with van der Waals surface area (Å²) in [5, 5.41) is 21.4. The van der Waals surface area contributed by atoms with Gasteiger partial charge in [-0.1, -0.05) is 0 Å². The minimum atomic E-state index is -6.09. The van der Waals surface area contributed by atoms with Crippen LogP contribution in [0, 0.1) is 18.6 Å². The number of ketones is 1. The molecule has 0 aliphatic carbocycles. The number of carbonyl (C=O) groups excluding carboxylic acids is 2. The van der Waals surface area contributed by atoms with Gasteiger partial charge in [-0.25, -0.2) is 13.2 Å². The van der Waals surface area contributed by atoms with Crippen LogP contribution in [0.4, 0.5) is 40.8 Å². The molecule has 3 heterocycles. The molecule has 1 saturated heterocycles. The van der Waals surface area contributed by atoms with E-state index in [1.165, 1.54) is 24.2 Å². The molecule has 0 saturated carbocycles. The van der Waals surface area contributed by atoms with Crippen LogP contribution in [0.2, 0.25) is 0 Å². The summed E-state index contributed by atoms with van der Waals surface area (Å²) in [6.07, 6.45) is -8.97. The molecule has 8 nitrogen and oxygen atoms in total. The van der Waals surface area contributed by atoms with Crippen LogP contribution in [0.1, 0.15) is 19.4 Å². The predicted molar refractivity (Wildman–Crippen MR) is 131 cm³/mol. The van der Waals surface area contributed by atoms with E-state index in [4.69, 9.17) is 0 Å². The molecule has 42 heavy (non-hydrogen) atoms. The van der Waals surface area contributed by atoms with Crippen LogP contribution in [0.5, 0.6) is 0 Å². The van der Waals surface area contributed by atoms with Crippen molar-refractivity contribution in [1.29, 1.82) is 0 Å². The number of β-amino-alcohol motifs (C(OH)–C–C–N with tert-alkyl or cyclic N) is 2. The number of aliphatic hydroxyl groups is 2. The minimum absolute atomic E-state index is 0.138. The normalized spacial score (nSPS) is 23.7. The second kappa shape index (κ2) is 10.3. The van der Waals surface area contributed by atoms with Crippen LogP contribution in [0.15, 0.2) is 47.2 Å². The van der Waals surface area contributed by atoms with Gasteiger partial charge in [0.25, 0.3) is 5.91 Å². The lowest BCUT2D eigenvalue weighted by molar-refractivity contribution is -0.306. The van der Waals surface area contributed by atoms with Crippen LogP contribution in [-0.4, -0.2) is 87.9 Å². The van der Waals surface area contributed by atoms with Crippen molar-refractivity contribution >= 4 is 17.4 Å². The van der Waals surface area contributed by atoms with Crippen LogP contribution in [0.25, 0.3) is 0 Å². The number of halogens is 8. The molecular formula is C26H26F8N4O4. The molecule has 16 heteroatoms. The first kappa shape index (κ1) is 31.3. The maximum atomic E-state index is 15.5. The standard InChI is InChI=1S/C26H26F8N4O4/c1-11-5-14(27)19(15(28)6-11)38-8-13(21(42)35-24(2,3)25(30,31)26(32,33)34)20(41)12-7-16(29)23(36(4)22(12)38)37-9-17(39)18(40)10-37/h5-8,17-18,22,39-40H,9-10H2,1-4H3,(H,35,42)/t17-,18-,22?/m1/s1. The molecule has 3 aliphatic heterocycles. The number of benzene rings is 1. The Morgan fingerprint density at radius 2 is 1.52 bits per heavy atom. The molecule has 3 atom stereocenters. The number of nitrogens with one attached hydrogen (secondary N) is 1. The average Bonchev–Trinajstić information content (AvgIpc) is 3.16. The Balaban J connectivity index is 1.86. The second-order valence-corrected chi connectivity index (χ2v) is 10.8. The number of aliphatic hydroxyl groups excluding tert-OH is 2. The van der Waals surface area contributed by atoms with Crippen molar-refractivity contribution in [2.75, 3.05) is 25.0 Å². The van der Waals surface area contributed by atoms with Gasteiger partial charge in [-0.05, 0) is 44.5 Å². The van der Waals surface area contributed by atoms with Gasteiger partial charge in [-0.15, -0.1) is 0 Å². The van der Waals surface area contributed by atoms with Gasteiger partial charge in [0.15, 0.2) is 11.6 Å². The van der Waals surface area contributed by atoms with E-state index in [1.807, 2.05) is 0 Å². The molecule has 0 bridgehead atoms. The third kappa shape index (κ3) is 4.99. The fourth-order valence-electron chi connectivity index (χ4n) is 5.10. The van der Waals surface area contributed by atoms with Crippen LogP contribution in [0.3, 0.4) is 0 Å². The minimum Gasteiger partial charge on any atom is -0.389 e. The van der Waals surface area contributed by atoms with Gasteiger partial charge in [0, 0.05) is 31.9 Å². The van der Waals surface area contributed by atoms with Crippen LogP contribution < -0.4 is 10.2 Å². The van der Waals surface area contributed by atoms with Crippen LogP contribution >= 0.6 is 0 Å². The van der Waals surface area contributed by atoms with E-state index in [0.29, 0.717) is 26.1 Å². The van der Waals surface area contributed by atoms with Gasteiger partial charge in [0.05, 0.1) is 12.2 Å². The number of alkyl halides is 5. The first-order chi connectivity index (χ1) is 19.2. The number of fused-ring (bicyclic) bond motifs is 1. The molecule has 3 N–H and O–H groups in total. The molecule has 1 aromatic rings. The summed E-state index contributed by atoms with van der Waals surface area (Å²) < 4.78 is 113. The largest absolute Gasteiger partial charge is 0.455 e. The fraction of sp³-hybridized carbons (Fsp3) is 0.462. The number of aryl methyl sites for hydroxylation is 1. The zero-order chi connectivity index (χ0) is 31.7. The highest BCUT2D eigenvalue weighted by Gasteiger charge is 2.67. The van der Waals surface area contributed by atoms with Gasteiger partial charge in [0.2, 0.25) is 0 Å². The van der Waals surface area contributed by atoms with Crippen molar-refractivity contribution in [2.45, 2.75) is 56.8 Å². The van der Waals surface area contributed by atoms with E-state index in [2.05, 4.69) is 0 Å². The van der Waals surface area contributed by atoms with E-state index >= 15 is 13.2 Å². The fourth-order valence-corrected chi connectivity index (χ4v) is 5.10. The average molecular weight is 611 g/mol. The quantitative estimate of drug-likeness (QED) is 0.349. The number of hydrogen-bond donors (Lipinski definition) is 3. The van der Waals surface area contributed by atoms with E-state index in [9.17, 15) is 41.8 Å². The maximum Gasteiger partial charge on any atom is 0.455 e. The molecule has 1 unspecified atom stereocenters. The number of likely N-dealkylation sites (tertiary alicyclic amines) is 1. The maximum absolute atomic E-state index is 15.5. The van der Waals surface area contributed by atoms with Crippen molar-refractivity contribution in [3.8, 4) is 0 Å². The number of amides is 1. The van der Waals surface area contributed by atoms with Gasteiger partial charge in [-0.3, -0.25) is 9.59 Å². The summed E-state index contributed by atoms with van der Waals surface area (Å²) >= 11 is 0. The summed E-state index contributed by atoms with van der Waals surface area (Å²) in [6.45, 7) is 1.60. The van der Waals surface area contributed by atoms with E-state index in [1.54, 1.807) is 0 Å². The summed E-state index contributed by atoms with van der Waals surface area (Å²) in [7, 11) is 1.22. The smallest absolute Gasteiger partial charge is 0.389 e. The van der Waals surface area contributed by atoms with Gasteiger partial charge >= 0.3 is 12.1 Å². The van der Waals surface area contributed by atoms with Crippen molar-refractivity contribution < 1.29 is 54.9 Å². The predicted octanol–water partition coefficient (Wildman–Crippen LogP) is 3.01. The topological polar surface area (TPSA) is 96.4 Å². The van der Waals surface area contributed by atoms with E-state index < -0.39 is 82.0 Å². The SMILES string of the molecule is Cc1cc(F)c(N2C=C(C(=O)NC(C)(C)C(F)(F)C(F)(F)F)C(=O)C3=CC(F)=C(N4C[C@@H](O)[C@H](O)C4)N(C)C32)c(F)c1. The number of allylic oxidation sites excluding steroid dienone is 2. The van der Waals surface area contributed by atoms with Crippen molar-refractivity contribution in [3.05, 3.63) is 64.4 Å². The summed E-state index contributed by atoms with van der Waals surface area (Å²) in [5.41, 5.74) is -5.70. The lowest BCUT2D eigenvalue weighted by Gasteiger charge is -2.46. The molecule has 230 valence electrons. The number of nitrogens with zero attached hydrogens (tertiary/aromatic N) is 3. The van der Waals surface area contributed by atoms with Gasteiger partial charge < -0.3 is 30.2 Å². The summed E-state index contributed by atoms with van der Waals surface area (Å²) in [6, 6.07) is 1.82. The Labute approximate surface area is 234 Å². The van der Waals surface area contributed by atoms with Gasteiger partial charge in [-0.2, -0.15) is 22.0 Å². The molecule has 0 spiro atoms. The number of carbonyl (C=O) groups is 2. The lowest BCUT2D eigenvalue weighted by atomic mass is 9.90. The highest BCUT2D eigenvalue weighted by Crippen LogP contribution is 2.44. The third-order valence-corrected chi connectivity index (χ3v) is 7.30. The Morgan fingerprint density at radius 1 is 1.00 bits per heavy atom. The Bertz CT molecular complexity index is 1390. The molecule has 1 amide bonds. The number of Topliss-reactive ketones (excluding diaryl/α,β-unsaturated/α-hetero) is 1. The zero-order valence-corrected chi connectivity index (χ0v) is 22.5. The Hall–Kier alpha value is -3.66. The summed E-state index contributed by atoms with van der Waals surface area (Å²) in [5.74, 6) is -12.3. The molecular weight excluding hydrogens is 584 g/mol. The number of likely N-dealkylation sites (N-methyl/N-ethyl adjacent to an activating group) is 1. The highest BCUT2D eigenvalue weighted by molar-refractivity contribution is 6.27. The van der Waals surface area contributed by atoms with Crippen molar-refractivity contribution in [1.82, 2.24) is 15.1 Å². The Morgan fingerprint density at radius 3 is 2.02 bits per heavy atom. The molecule has 1 fully saturated rings. The van der Waals surface area contributed by atoms with Crippen molar-refractivity contribution in [3.63, 3.8) is 0 Å². The first-order valence-electron chi connectivity index (χ1n) is 12.4. The van der Waals surface area contributed by atoms with Crippen LogP contribution in [-0.2, 0) is 9.59 Å². The van der Waals surface area contributed by atoms with Crippen molar-refractivity contribution in [2.24, 2.45) is 0 Å². The van der Waals surface area contributed by atoms with E-state index in [-0.39, 0.29) is 24.5 Å². The number of hydrogen-bond acceptors (Lipinski definition) is 7. The monoisotopic (exact) mass is 610 g/mol. The third-order valence-electron chi connectivity index (χ3n) is 7.30. The molecule has 4 rings (SSSR count). The lowest BCUT2D eigenvalue weighted by Crippen LogP contribution is -2.63. The second-order valence-electron chi connectivity index (χ2n) is 10.8. The number of anilines is 1. The van der Waals surface area contributed by atoms with E-state index in [0.717, 1.165) is 21.9 Å². The van der Waals surface area contributed by atoms with Gasteiger partial charge in [0.1, 0.15) is 40.4 Å². The highest BCUT2D eigenvalue weighted by atomic mass is 19.4. The molecule has 3 aliphatic rings. The first-order valence-corrected chi connectivity index (χ1v) is 12.4. The Kier molecular flexibility index (Phi) is 7.64. The number of rotatable bonds is 5. The summed E-state index contributed by atoms with van der Waals surface area (Å²) in [4.78, 5) is 29.5. The molecule has 1 aromatic carbocycles. The molecule has 0 radical (unpaired) electrons.